The molecule has 1 aromatic carbocycles. The third kappa shape index (κ3) is 3.96. The minimum Gasteiger partial charge on any atom is -0.381 e. The molecule has 1 aliphatic heterocycles. The summed E-state index contributed by atoms with van der Waals surface area (Å²) in [4.78, 5) is 2.87. The van der Waals surface area contributed by atoms with E-state index in [-0.39, 0.29) is 5.75 Å². The molecule has 1 aliphatic rings. The molecular formula is C15H24N2O2S. The second-order valence-electron chi connectivity index (χ2n) is 5.48. The summed E-state index contributed by atoms with van der Waals surface area (Å²) >= 11 is 0. The molecule has 1 heterocycles. The number of likely N-dealkylation sites (tertiary alicyclic amines) is 1. The van der Waals surface area contributed by atoms with E-state index >= 15 is 0 Å². The van der Waals surface area contributed by atoms with Crippen molar-refractivity contribution in [1.82, 2.24) is 4.90 Å². The molecule has 112 valence electrons. The Kier molecular flexibility index (Phi) is 5.05. The van der Waals surface area contributed by atoms with Crippen molar-refractivity contribution >= 4 is 15.5 Å². The van der Waals surface area contributed by atoms with Crippen molar-refractivity contribution < 1.29 is 8.42 Å². The van der Waals surface area contributed by atoms with Crippen LogP contribution in [0.1, 0.15) is 26.7 Å². The number of benzene rings is 1. The molecule has 0 bridgehead atoms. The summed E-state index contributed by atoms with van der Waals surface area (Å²) in [7, 11) is -3.10. The number of hydrogen-bond donors (Lipinski definition) is 1. The van der Waals surface area contributed by atoms with Gasteiger partial charge in [0.05, 0.1) is 10.6 Å². The lowest BCUT2D eigenvalue weighted by atomic mass is 10.2. The molecule has 5 heteroatoms. The average Bonchev–Trinajstić information content (AvgIpc) is 2.92. The Morgan fingerprint density at radius 1 is 1.20 bits per heavy atom. The summed E-state index contributed by atoms with van der Waals surface area (Å²) < 4.78 is 23.5. The summed E-state index contributed by atoms with van der Waals surface area (Å²) in [5, 5.41) is 3.43. The Morgan fingerprint density at radius 2 is 1.80 bits per heavy atom. The molecule has 1 saturated heterocycles. The predicted molar refractivity (Wildman–Crippen MR) is 82.9 cm³/mol. The highest BCUT2D eigenvalue weighted by Crippen LogP contribution is 2.16. The van der Waals surface area contributed by atoms with Gasteiger partial charge in [0.15, 0.2) is 9.84 Å². The summed E-state index contributed by atoms with van der Waals surface area (Å²) in [6.45, 7) is 7.25. The van der Waals surface area contributed by atoms with E-state index in [1.807, 2.05) is 12.1 Å². The molecule has 1 atom stereocenters. The van der Waals surface area contributed by atoms with Gasteiger partial charge < -0.3 is 10.2 Å². The van der Waals surface area contributed by atoms with Crippen LogP contribution in [0, 0.1) is 0 Å². The zero-order chi connectivity index (χ0) is 14.6. The zero-order valence-electron chi connectivity index (χ0n) is 12.3. The largest absolute Gasteiger partial charge is 0.381 e. The molecule has 1 N–H and O–H groups in total. The lowest BCUT2D eigenvalue weighted by molar-refractivity contribution is 0.328. The van der Waals surface area contributed by atoms with Crippen molar-refractivity contribution in [3.63, 3.8) is 0 Å². The first-order chi connectivity index (χ1) is 9.51. The Labute approximate surface area is 122 Å². The summed E-state index contributed by atoms with van der Waals surface area (Å²) in [5.41, 5.74) is 0.978. The fraction of sp³-hybridized carbons (Fsp3) is 0.600. The van der Waals surface area contributed by atoms with Gasteiger partial charge >= 0.3 is 0 Å². The predicted octanol–water partition coefficient (Wildman–Crippen LogP) is 2.38. The van der Waals surface area contributed by atoms with Crippen LogP contribution in [0.3, 0.4) is 0 Å². The van der Waals surface area contributed by atoms with Gasteiger partial charge in [-0.05, 0) is 57.1 Å². The van der Waals surface area contributed by atoms with E-state index < -0.39 is 9.84 Å². The summed E-state index contributed by atoms with van der Waals surface area (Å²) in [6.07, 6.45) is 2.60. The Balaban J connectivity index is 1.93. The number of nitrogens with one attached hydrogen (secondary N) is 1. The van der Waals surface area contributed by atoms with Crippen LogP contribution in [0.25, 0.3) is 0 Å². The number of anilines is 1. The lowest BCUT2D eigenvalue weighted by Gasteiger charge is -2.22. The minimum absolute atomic E-state index is 0.144. The maximum atomic E-state index is 11.7. The first-order valence-electron chi connectivity index (χ1n) is 7.33. The summed E-state index contributed by atoms with van der Waals surface area (Å²) in [6, 6.07) is 7.43. The first-order valence-corrected chi connectivity index (χ1v) is 8.98. The number of rotatable bonds is 6. The maximum Gasteiger partial charge on any atom is 0.178 e. The first kappa shape index (κ1) is 15.3. The summed E-state index contributed by atoms with van der Waals surface area (Å²) in [5.74, 6) is 0.144. The van der Waals surface area contributed by atoms with Gasteiger partial charge in [-0.2, -0.15) is 0 Å². The maximum absolute atomic E-state index is 11.7. The van der Waals surface area contributed by atoms with E-state index in [0.29, 0.717) is 10.9 Å². The molecule has 0 amide bonds. The van der Waals surface area contributed by atoms with Gasteiger partial charge in [-0.15, -0.1) is 0 Å². The molecule has 0 aromatic heterocycles. The van der Waals surface area contributed by atoms with Crippen molar-refractivity contribution in [3.8, 4) is 0 Å². The molecule has 0 aliphatic carbocycles. The molecule has 1 fully saturated rings. The second-order valence-corrected chi connectivity index (χ2v) is 7.76. The monoisotopic (exact) mass is 296 g/mol. The molecule has 0 radical (unpaired) electrons. The topological polar surface area (TPSA) is 49.4 Å². The van der Waals surface area contributed by atoms with Crippen molar-refractivity contribution in [2.45, 2.75) is 37.6 Å². The van der Waals surface area contributed by atoms with Gasteiger partial charge in [0, 0.05) is 18.3 Å². The highest BCUT2D eigenvalue weighted by atomic mass is 32.2. The number of nitrogens with zero attached hydrogens (tertiary/aromatic N) is 1. The molecule has 4 nitrogen and oxygen atoms in total. The van der Waals surface area contributed by atoms with Crippen LogP contribution in [-0.4, -0.2) is 44.7 Å². The normalized spacial score (nSPS) is 18.1. The minimum atomic E-state index is -3.10. The van der Waals surface area contributed by atoms with E-state index in [1.165, 1.54) is 25.9 Å². The van der Waals surface area contributed by atoms with Crippen LogP contribution in [0.4, 0.5) is 5.69 Å². The number of hydrogen-bond acceptors (Lipinski definition) is 4. The zero-order valence-corrected chi connectivity index (χ0v) is 13.1. The fourth-order valence-electron chi connectivity index (χ4n) is 2.61. The molecule has 0 saturated carbocycles. The SMILES string of the molecule is CCS(=O)(=O)c1ccc(NC(C)CN2CCCC2)cc1. The standard InChI is InChI=1S/C15H24N2O2S/c1-3-20(18,19)15-8-6-14(7-9-15)16-13(2)12-17-10-4-5-11-17/h6-9,13,16H,3-5,10-12H2,1-2H3. The van der Waals surface area contributed by atoms with Crippen molar-refractivity contribution in [2.24, 2.45) is 0 Å². The highest BCUT2D eigenvalue weighted by molar-refractivity contribution is 7.91. The van der Waals surface area contributed by atoms with Crippen molar-refractivity contribution in [3.05, 3.63) is 24.3 Å². The van der Waals surface area contributed by atoms with Crippen LogP contribution < -0.4 is 5.32 Å². The number of sulfone groups is 1. The van der Waals surface area contributed by atoms with Crippen molar-refractivity contribution in [2.75, 3.05) is 30.7 Å². The van der Waals surface area contributed by atoms with E-state index in [2.05, 4.69) is 17.1 Å². The third-order valence-electron chi connectivity index (χ3n) is 3.74. The fourth-order valence-corrected chi connectivity index (χ4v) is 3.49. The third-order valence-corrected chi connectivity index (χ3v) is 5.49. The van der Waals surface area contributed by atoms with Gasteiger partial charge in [0.25, 0.3) is 0 Å². The quantitative estimate of drug-likeness (QED) is 0.875. The van der Waals surface area contributed by atoms with Gasteiger partial charge in [0.1, 0.15) is 0 Å². The Morgan fingerprint density at radius 3 is 2.35 bits per heavy atom. The Bertz CT molecular complexity index is 519. The smallest absolute Gasteiger partial charge is 0.178 e. The lowest BCUT2D eigenvalue weighted by Crippen LogP contribution is -2.32. The molecular weight excluding hydrogens is 272 g/mol. The van der Waals surface area contributed by atoms with Crippen LogP contribution in [-0.2, 0) is 9.84 Å². The van der Waals surface area contributed by atoms with Crippen LogP contribution in [0.15, 0.2) is 29.2 Å². The van der Waals surface area contributed by atoms with Gasteiger partial charge in [-0.1, -0.05) is 6.92 Å². The molecule has 20 heavy (non-hydrogen) atoms. The van der Waals surface area contributed by atoms with Crippen LogP contribution >= 0.6 is 0 Å². The van der Waals surface area contributed by atoms with E-state index in [9.17, 15) is 8.42 Å². The van der Waals surface area contributed by atoms with Gasteiger partial charge in [0.2, 0.25) is 0 Å². The van der Waals surface area contributed by atoms with E-state index in [4.69, 9.17) is 0 Å². The molecule has 1 aromatic rings. The average molecular weight is 296 g/mol. The van der Waals surface area contributed by atoms with Crippen molar-refractivity contribution in [1.29, 1.82) is 0 Å². The van der Waals surface area contributed by atoms with Gasteiger partial charge in [-0.3, -0.25) is 0 Å². The Hall–Kier alpha value is -1.07. The van der Waals surface area contributed by atoms with E-state index in [0.717, 1.165) is 12.2 Å². The van der Waals surface area contributed by atoms with Crippen LogP contribution in [0.5, 0.6) is 0 Å². The molecule has 0 spiro atoms. The molecule has 2 rings (SSSR count). The highest BCUT2D eigenvalue weighted by Gasteiger charge is 2.15. The van der Waals surface area contributed by atoms with Crippen LogP contribution in [0.2, 0.25) is 0 Å². The van der Waals surface area contributed by atoms with Gasteiger partial charge in [-0.25, -0.2) is 8.42 Å². The molecule has 1 unspecified atom stereocenters. The van der Waals surface area contributed by atoms with E-state index in [1.54, 1.807) is 19.1 Å². The second kappa shape index (κ2) is 6.59.